The number of hydrogen-bond donors (Lipinski definition) is 1. The van der Waals surface area contributed by atoms with Gasteiger partial charge in [0, 0.05) is 38.9 Å². The lowest BCUT2D eigenvalue weighted by Crippen LogP contribution is -2.46. The normalized spacial score (nSPS) is 14.8. The lowest BCUT2D eigenvalue weighted by atomic mass is 10.1. The van der Waals surface area contributed by atoms with Crippen molar-refractivity contribution in [3.05, 3.63) is 53.7 Å². The molecular weight excluding hydrogens is 340 g/mol. The van der Waals surface area contributed by atoms with E-state index in [0.29, 0.717) is 12.1 Å². The van der Waals surface area contributed by atoms with Gasteiger partial charge in [0.25, 0.3) is 5.91 Å². The third-order valence-electron chi connectivity index (χ3n) is 5.03. The standard InChI is InChI=1S/C21H28N4O2/c1-3-24-12-14-25(15-13-24)20-9-8-18(16-23-20)21(26)22-11-10-17-6-4-5-7-19(17)27-2/h4-9,16H,3,10-15H2,1-2H3,(H,22,26). The van der Waals surface area contributed by atoms with Gasteiger partial charge in [0.15, 0.2) is 0 Å². The van der Waals surface area contributed by atoms with Crippen molar-refractivity contribution in [3.63, 3.8) is 0 Å². The average Bonchev–Trinajstić information content (AvgIpc) is 2.74. The number of hydrogen-bond acceptors (Lipinski definition) is 5. The Morgan fingerprint density at radius 2 is 1.93 bits per heavy atom. The predicted molar refractivity (Wildman–Crippen MR) is 108 cm³/mol. The predicted octanol–water partition coefficient (Wildman–Crippen LogP) is 2.20. The van der Waals surface area contributed by atoms with Crippen LogP contribution in [0.3, 0.4) is 0 Å². The third-order valence-corrected chi connectivity index (χ3v) is 5.03. The number of ether oxygens (including phenoxy) is 1. The van der Waals surface area contributed by atoms with Crippen molar-refractivity contribution >= 4 is 11.7 Å². The lowest BCUT2D eigenvalue weighted by Gasteiger charge is -2.34. The summed E-state index contributed by atoms with van der Waals surface area (Å²) in [4.78, 5) is 21.6. The maximum atomic E-state index is 12.4. The first-order valence-corrected chi connectivity index (χ1v) is 9.54. The van der Waals surface area contributed by atoms with Crippen molar-refractivity contribution in [2.45, 2.75) is 13.3 Å². The summed E-state index contributed by atoms with van der Waals surface area (Å²) in [6.07, 6.45) is 2.39. The molecule has 144 valence electrons. The highest BCUT2D eigenvalue weighted by molar-refractivity contribution is 5.94. The summed E-state index contributed by atoms with van der Waals surface area (Å²) < 4.78 is 5.34. The highest BCUT2D eigenvalue weighted by Gasteiger charge is 2.17. The van der Waals surface area contributed by atoms with E-state index in [1.165, 1.54) is 0 Å². The molecule has 1 aliphatic rings. The Labute approximate surface area is 161 Å². The number of likely N-dealkylation sites (N-methyl/N-ethyl adjacent to an activating group) is 1. The van der Waals surface area contributed by atoms with Gasteiger partial charge in [-0.1, -0.05) is 25.1 Å². The zero-order valence-electron chi connectivity index (χ0n) is 16.1. The fourth-order valence-corrected chi connectivity index (χ4v) is 3.32. The Kier molecular flexibility index (Phi) is 6.65. The number of aromatic nitrogens is 1. The van der Waals surface area contributed by atoms with Crippen LogP contribution in [-0.4, -0.2) is 62.2 Å². The van der Waals surface area contributed by atoms with Gasteiger partial charge in [0.2, 0.25) is 0 Å². The van der Waals surface area contributed by atoms with Gasteiger partial charge in [-0.2, -0.15) is 0 Å². The monoisotopic (exact) mass is 368 g/mol. The number of carbonyl (C=O) groups excluding carboxylic acids is 1. The molecule has 1 saturated heterocycles. The van der Waals surface area contributed by atoms with Crippen molar-refractivity contribution in [1.29, 1.82) is 0 Å². The molecule has 6 heteroatoms. The smallest absolute Gasteiger partial charge is 0.252 e. The molecule has 1 N–H and O–H groups in total. The van der Waals surface area contributed by atoms with E-state index < -0.39 is 0 Å². The molecule has 3 rings (SSSR count). The van der Waals surface area contributed by atoms with Gasteiger partial charge in [-0.25, -0.2) is 4.98 Å². The second kappa shape index (κ2) is 9.37. The summed E-state index contributed by atoms with van der Waals surface area (Å²) in [6, 6.07) is 11.7. The van der Waals surface area contributed by atoms with Gasteiger partial charge in [-0.3, -0.25) is 4.79 Å². The molecular formula is C21H28N4O2. The van der Waals surface area contributed by atoms with Crippen molar-refractivity contribution in [2.24, 2.45) is 0 Å². The Hall–Kier alpha value is -2.60. The van der Waals surface area contributed by atoms with Gasteiger partial charge in [-0.15, -0.1) is 0 Å². The number of benzene rings is 1. The van der Waals surface area contributed by atoms with Crippen LogP contribution < -0.4 is 15.0 Å². The molecule has 1 fully saturated rings. The molecule has 0 spiro atoms. The van der Waals surface area contributed by atoms with Crippen molar-refractivity contribution < 1.29 is 9.53 Å². The quantitative estimate of drug-likeness (QED) is 0.812. The zero-order chi connectivity index (χ0) is 19.1. The largest absolute Gasteiger partial charge is 0.496 e. The number of anilines is 1. The molecule has 2 heterocycles. The SMILES string of the molecule is CCN1CCN(c2ccc(C(=O)NCCc3ccccc3OC)cn2)CC1. The number of para-hydroxylation sites is 1. The van der Waals surface area contributed by atoms with E-state index in [9.17, 15) is 4.79 Å². The second-order valence-corrected chi connectivity index (χ2v) is 6.64. The Morgan fingerprint density at radius 3 is 2.59 bits per heavy atom. The van der Waals surface area contributed by atoms with E-state index in [1.807, 2.05) is 36.4 Å². The molecule has 1 amide bonds. The van der Waals surface area contributed by atoms with Crippen LogP contribution in [0.5, 0.6) is 5.75 Å². The van der Waals surface area contributed by atoms with Gasteiger partial charge in [-0.05, 0) is 36.7 Å². The van der Waals surface area contributed by atoms with Crippen LogP contribution >= 0.6 is 0 Å². The first-order valence-electron chi connectivity index (χ1n) is 9.54. The molecule has 1 aromatic heterocycles. The molecule has 2 aromatic rings. The fourth-order valence-electron chi connectivity index (χ4n) is 3.32. The lowest BCUT2D eigenvalue weighted by molar-refractivity contribution is 0.0953. The minimum absolute atomic E-state index is 0.0975. The highest BCUT2D eigenvalue weighted by atomic mass is 16.5. The molecule has 0 saturated carbocycles. The van der Waals surface area contributed by atoms with E-state index in [1.54, 1.807) is 13.3 Å². The fraction of sp³-hybridized carbons (Fsp3) is 0.429. The zero-order valence-corrected chi connectivity index (χ0v) is 16.1. The second-order valence-electron chi connectivity index (χ2n) is 6.64. The Balaban J connectivity index is 1.50. The van der Waals surface area contributed by atoms with Crippen LogP contribution in [0.25, 0.3) is 0 Å². The number of nitrogens with one attached hydrogen (secondary N) is 1. The molecule has 1 aromatic carbocycles. The maximum absolute atomic E-state index is 12.4. The number of rotatable bonds is 7. The van der Waals surface area contributed by atoms with Crippen LogP contribution in [0.15, 0.2) is 42.6 Å². The molecule has 6 nitrogen and oxygen atoms in total. The molecule has 0 radical (unpaired) electrons. The number of pyridine rings is 1. The first-order chi connectivity index (χ1) is 13.2. The first kappa shape index (κ1) is 19.2. The van der Waals surface area contributed by atoms with E-state index in [0.717, 1.165) is 56.3 Å². The van der Waals surface area contributed by atoms with Crippen LogP contribution in [0.4, 0.5) is 5.82 Å². The summed E-state index contributed by atoms with van der Waals surface area (Å²) in [6.45, 7) is 7.91. The minimum atomic E-state index is -0.0975. The number of nitrogens with zero attached hydrogens (tertiary/aromatic N) is 3. The maximum Gasteiger partial charge on any atom is 0.252 e. The van der Waals surface area contributed by atoms with Crippen LogP contribution in [0.2, 0.25) is 0 Å². The van der Waals surface area contributed by atoms with E-state index >= 15 is 0 Å². The average molecular weight is 368 g/mol. The number of methoxy groups -OCH3 is 1. The number of carbonyl (C=O) groups is 1. The van der Waals surface area contributed by atoms with Crippen molar-refractivity contribution in [1.82, 2.24) is 15.2 Å². The molecule has 1 aliphatic heterocycles. The molecule has 0 bridgehead atoms. The summed E-state index contributed by atoms with van der Waals surface area (Å²) in [5.74, 6) is 1.69. The van der Waals surface area contributed by atoms with Gasteiger partial charge in [0.05, 0.1) is 12.7 Å². The van der Waals surface area contributed by atoms with Crippen LogP contribution in [0.1, 0.15) is 22.8 Å². The highest BCUT2D eigenvalue weighted by Crippen LogP contribution is 2.17. The number of amides is 1. The summed E-state index contributed by atoms with van der Waals surface area (Å²) in [5, 5.41) is 2.96. The molecule has 0 atom stereocenters. The third kappa shape index (κ3) is 4.98. The molecule has 27 heavy (non-hydrogen) atoms. The van der Waals surface area contributed by atoms with Crippen LogP contribution in [0, 0.1) is 0 Å². The topological polar surface area (TPSA) is 57.7 Å². The van der Waals surface area contributed by atoms with Crippen molar-refractivity contribution in [3.8, 4) is 5.75 Å². The van der Waals surface area contributed by atoms with Crippen LogP contribution in [-0.2, 0) is 6.42 Å². The Morgan fingerprint density at radius 1 is 1.15 bits per heavy atom. The van der Waals surface area contributed by atoms with E-state index in [2.05, 4.69) is 27.0 Å². The van der Waals surface area contributed by atoms with Gasteiger partial charge < -0.3 is 19.9 Å². The Bertz CT molecular complexity index is 740. The van der Waals surface area contributed by atoms with E-state index in [-0.39, 0.29) is 5.91 Å². The van der Waals surface area contributed by atoms with Gasteiger partial charge in [0.1, 0.15) is 11.6 Å². The summed E-state index contributed by atoms with van der Waals surface area (Å²) in [5.41, 5.74) is 1.67. The summed E-state index contributed by atoms with van der Waals surface area (Å²) in [7, 11) is 1.66. The minimum Gasteiger partial charge on any atom is -0.496 e. The molecule has 0 aliphatic carbocycles. The van der Waals surface area contributed by atoms with Crippen molar-refractivity contribution in [2.75, 3.05) is 51.3 Å². The van der Waals surface area contributed by atoms with Gasteiger partial charge >= 0.3 is 0 Å². The van der Waals surface area contributed by atoms with E-state index in [4.69, 9.17) is 4.74 Å². The number of piperazine rings is 1. The summed E-state index contributed by atoms with van der Waals surface area (Å²) >= 11 is 0. The molecule has 0 unspecified atom stereocenters.